The SMILES string of the molecule is CC1CN(C(=O)NCc2ccc(C(=O)O)nc2)CC1C. The minimum absolute atomic E-state index is 0.00210. The lowest BCUT2D eigenvalue weighted by Crippen LogP contribution is -2.38. The number of hydrogen-bond donors (Lipinski definition) is 2. The molecule has 1 aromatic rings. The molecule has 1 aliphatic heterocycles. The van der Waals surface area contributed by atoms with Crippen molar-refractivity contribution in [2.45, 2.75) is 20.4 Å². The van der Waals surface area contributed by atoms with Crippen LogP contribution in [0.4, 0.5) is 4.79 Å². The average molecular weight is 277 g/mol. The Morgan fingerprint density at radius 3 is 2.50 bits per heavy atom. The molecule has 0 spiro atoms. The second kappa shape index (κ2) is 5.90. The third-order valence-corrected chi connectivity index (χ3v) is 3.76. The molecule has 2 amide bonds. The van der Waals surface area contributed by atoms with Gasteiger partial charge in [-0.1, -0.05) is 19.9 Å². The molecule has 2 atom stereocenters. The van der Waals surface area contributed by atoms with E-state index in [9.17, 15) is 9.59 Å². The standard InChI is InChI=1S/C14H19N3O3/c1-9-7-17(8-10(9)2)14(20)16-6-11-3-4-12(13(18)19)15-5-11/h3-5,9-10H,6-8H2,1-2H3,(H,16,20)(H,18,19). The molecule has 108 valence electrons. The van der Waals surface area contributed by atoms with Crippen molar-refractivity contribution in [3.8, 4) is 0 Å². The number of carbonyl (C=O) groups is 2. The summed E-state index contributed by atoms with van der Waals surface area (Å²) in [4.78, 5) is 28.3. The van der Waals surface area contributed by atoms with E-state index in [4.69, 9.17) is 5.11 Å². The topological polar surface area (TPSA) is 82.5 Å². The van der Waals surface area contributed by atoms with Crippen molar-refractivity contribution < 1.29 is 14.7 Å². The summed E-state index contributed by atoms with van der Waals surface area (Å²) in [5.74, 6) is -0.00448. The van der Waals surface area contributed by atoms with E-state index in [-0.39, 0.29) is 11.7 Å². The zero-order chi connectivity index (χ0) is 14.7. The molecule has 6 nitrogen and oxygen atoms in total. The number of pyridine rings is 1. The normalized spacial score (nSPS) is 21.8. The highest BCUT2D eigenvalue weighted by atomic mass is 16.4. The second-order valence-electron chi connectivity index (χ2n) is 5.38. The van der Waals surface area contributed by atoms with Gasteiger partial charge in [-0.3, -0.25) is 0 Å². The Kier molecular flexibility index (Phi) is 4.22. The predicted molar refractivity (Wildman–Crippen MR) is 73.3 cm³/mol. The average Bonchev–Trinajstić information content (AvgIpc) is 2.76. The monoisotopic (exact) mass is 277 g/mol. The molecule has 2 unspecified atom stereocenters. The van der Waals surface area contributed by atoms with Gasteiger partial charge in [0.25, 0.3) is 0 Å². The van der Waals surface area contributed by atoms with Crippen LogP contribution in [0.3, 0.4) is 0 Å². The Balaban J connectivity index is 1.86. The highest BCUT2D eigenvalue weighted by Crippen LogP contribution is 2.21. The summed E-state index contributed by atoms with van der Waals surface area (Å²) in [7, 11) is 0. The van der Waals surface area contributed by atoms with Crippen LogP contribution >= 0.6 is 0 Å². The van der Waals surface area contributed by atoms with E-state index < -0.39 is 5.97 Å². The Labute approximate surface area is 117 Å². The first-order chi connectivity index (χ1) is 9.47. The summed E-state index contributed by atoms with van der Waals surface area (Å²) >= 11 is 0. The minimum Gasteiger partial charge on any atom is -0.477 e. The van der Waals surface area contributed by atoms with E-state index in [1.807, 2.05) is 4.90 Å². The zero-order valence-corrected chi connectivity index (χ0v) is 11.7. The predicted octanol–water partition coefficient (Wildman–Crippen LogP) is 1.58. The minimum atomic E-state index is -1.05. The molecule has 1 fully saturated rings. The molecule has 1 saturated heterocycles. The van der Waals surface area contributed by atoms with Crippen molar-refractivity contribution in [3.05, 3.63) is 29.6 Å². The molecule has 0 bridgehead atoms. The number of likely N-dealkylation sites (tertiary alicyclic amines) is 1. The summed E-state index contributed by atoms with van der Waals surface area (Å²) in [5, 5.41) is 11.6. The number of rotatable bonds is 3. The highest BCUT2D eigenvalue weighted by molar-refractivity contribution is 5.85. The van der Waals surface area contributed by atoms with Gasteiger partial charge in [0.2, 0.25) is 0 Å². The summed E-state index contributed by atoms with van der Waals surface area (Å²) in [5.41, 5.74) is 0.783. The lowest BCUT2D eigenvalue weighted by molar-refractivity contribution is 0.0690. The van der Waals surface area contributed by atoms with E-state index in [2.05, 4.69) is 24.1 Å². The molecule has 6 heteroatoms. The van der Waals surface area contributed by atoms with Crippen LogP contribution in [0.25, 0.3) is 0 Å². The maximum Gasteiger partial charge on any atom is 0.354 e. The molecular weight excluding hydrogens is 258 g/mol. The number of aromatic nitrogens is 1. The molecule has 20 heavy (non-hydrogen) atoms. The second-order valence-corrected chi connectivity index (χ2v) is 5.38. The molecule has 0 saturated carbocycles. The van der Waals surface area contributed by atoms with Crippen LogP contribution in [0.5, 0.6) is 0 Å². The van der Waals surface area contributed by atoms with Crippen LogP contribution < -0.4 is 5.32 Å². The van der Waals surface area contributed by atoms with Gasteiger partial charge in [-0.2, -0.15) is 0 Å². The largest absolute Gasteiger partial charge is 0.477 e. The molecule has 1 aromatic heterocycles. The maximum absolute atomic E-state index is 12.0. The first-order valence-electron chi connectivity index (χ1n) is 6.68. The number of hydrogen-bond acceptors (Lipinski definition) is 3. The van der Waals surface area contributed by atoms with Crippen LogP contribution in [-0.2, 0) is 6.54 Å². The van der Waals surface area contributed by atoms with Crippen LogP contribution in [0.1, 0.15) is 29.9 Å². The quantitative estimate of drug-likeness (QED) is 0.878. The van der Waals surface area contributed by atoms with Crippen molar-refractivity contribution in [2.75, 3.05) is 13.1 Å². The van der Waals surface area contributed by atoms with Crippen molar-refractivity contribution >= 4 is 12.0 Å². The third kappa shape index (κ3) is 3.26. The number of amides is 2. The van der Waals surface area contributed by atoms with Crippen molar-refractivity contribution in [1.82, 2.24) is 15.2 Å². The third-order valence-electron chi connectivity index (χ3n) is 3.76. The summed E-state index contributed by atoms with van der Waals surface area (Å²) in [6, 6.07) is 3.01. The van der Waals surface area contributed by atoms with Crippen LogP contribution in [0.15, 0.2) is 18.3 Å². The first kappa shape index (κ1) is 14.3. The molecule has 2 heterocycles. The van der Waals surface area contributed by atoms with E-state index in [1.165, 1.54) is 12.3 Å². The Morgan fingerprint density at radius 2 is 2.00 bits per heavy atom. The fourth-order valence-electron chi connectivity index (χ4n) is 2.24. The molecular formula is C14H19N3O3. The van der Waals surface area contributed by atoms with Gasteiger partial charge in [-0.05, 0) is 23.5 Å². The van der Waals surface area contributed by atoms with Gasteiger partial charge in [-0.25, -0.2) is 14.6 Å². The number of urea groups is 1. The lowest BCUT2D eigenvalue weighted by atomic mass is 10.0. The molecule has 0 aromatic carbocycles. The van der Waals surface area contributed by atoms with E-state index >= 15 is 0 Å². The Morgan fingerprint density at radius 1 is 1.35 bits per heavy atom. The number of carboxylic acids is 1. The van der Waals surface area contributed by atoms with Gasteiger partial charge in [0, 0.05) is 25.8 Å². The molecule has 0 radical (unpaired) electrons. The van der Waals surface area contributed by atoms with Crippen LogP contribution in [-0.4, -0.2) is 40.1 Å². The fourth-order valence-corrected chi connectivity index (χ4v) is 2.24. The van der Waals surface area contributed by atoms with Gasteiger partial charge in [0.05, 0.1) is 0 Å². The summed E-state index contributed by atoms with van der Waals surface area (Å²) < 4.78 is 0. The smallest absolute Gasteiger partial charge is 0.354 e. The lowest BCUT2D eigenvalue weighted by Gasteiger charge is -2.16. The molecule has 1 aliphatic rings. The summed E-state index contributed by atoms with van der Waals surface area (Å²) in [6.45, 7) is 6.20. The Bertz CT molecular complexity index is 491. The summed E-state index contributed by atoms with van der Waals surface area (Å²) in [6.07, 6.45) is 1.47. The van der Waals surface area contributed by atoms with E-state index in [0.29, 0.717) is 18.4 Å². The van der Waals surface area contributed by atoms with Gasteiger partial charge >= 0.3 is 12.0 Å². The Hall–Kier alpha value is -2.11. The number of carboxylic acid groups (broad SMARTS) is 1. The fraction of sp³-hybridized carbons (Fsp3) is 0.500. The highest BCUT2D eigenvalue weighted by Gasteiger charge is 2.29. The van der Waals surface area contributed by atoms with E-state index in [1.54, 1.807) is 6.07 Å². The number of nitrogens with one attached hydrogen (secondary N) is 1. The van der Waals surface area contributed by atoms with Crippen molar-refractivity contribution in [3.63, 3.8) is 0 Å². The molecule has 2 N–H and O–H groups in total. The number of carbonyl (C=O) groups excluding carboxylic acids is 1. The van der Waals surface area contributed by atoms with Crippen LogP contribution in [0, 0.1) is 11.8 Å². The number of nitrogens with zero attached hydrogens (tertiary/aromatic N) is 2. The van der Waals surface area contributed by atoms with E-state index in [0.717, 1.165) is 18.7 Å². The first-order valence-corrected chi connectivity index (χ1v) is 6.68. The van der Waals surface area contributed by atoms with Gasteiger partial charge in [0.15, 0.2) is 0 Å². The zero-order valence-electron chi connectivity index (χ0n) is 11.7. The molecule has 2 rings (SSSR count). The van der Waals surface area contributed by atoms with Crippen molar-refractivity contribution in [1.29, 1.82) is 0 Å². The van der Waals surface area contributed by atoms with Crippen LogP contribution in [0.2, 0.25) is 0 Å². The van der Waals surface area contributed by atoms with Gasteiger partial charge in [0.1, 0.15) is 5.69 Å². The van der Waals surface area contributed by atoms with Crippen molar-refractivity contribution in [2.24, 2.45) is 11.8 Å². The van der Waals surface area contributed by atoms with Gasteiger partial charge < -0.3 is 15.3 Å². The maximum atomic E-state index is 12.0. The van der Waals surface area contributed by atoms with Gasteiger partial charge in [-0.15, -0.1) is 0 Å². The molecule has 0 aliphatic carbocycles. The number of aromatic carboxylic acids is 1.